The minimum Gasteiger partial charge on any atom is -0.469 e. The maximum Gasteiger partial charge on any atom is 0.434 e. The summed E-state index contributed by atoms with van der Waals surface area (Å²) in [4.78, 5) is 42.2. The first-order valence-corrected chi connectivity index (χ1v) is 9.34. The summed E-state index contributed by atoms with van der Waals surface area (Å²) < 4.78 is 10.1. The Hall–Kier alpha value is -3.19. The van der Waals surface area contributed by atoms with Crippen LogP contribution in [-0.2, 0) is 30.5 Å². The summed E-state index contributed by atoms with van der Waals surface area (Å²) in [5.41, 5.74) is 1.56. The van der Waals surface area contributed by atoms with Gasteiger partial charge in [-0.25, -0.2) is 4.79 Å². The Morgan fingerprint density at radius 1 is 1.10 bits per heavy atom. The van der Waals surface area contributed by atoms with E-state index in [-0.39, 0.29) is 19.6 Å². The number of hydrogen-bond acceptors (Lipinski definition) is 6. The number of hydrogen-bond donors (Lipinski definition) is 0. The Kier molecular flexibility index (Phi) is 6.97. The minimum absolute atomic E-state index is 0.0240. The number of esters is 1. The van der Waals surface area contributed by atoms with Gasteiger partial charge in [-0.1, -0.05) is 60.7 Å². The molecule has 0 aliphatic carbocycles. The molecule has 29 heavy (non-hydrogen) atoms. The summed E-state index contributed by atoms with van der Waals surface area (Å²) in [7, 11) is 1.30. The number of benzene rings is 2. The second-order valence-corrected chi connectivity index (χ2v) is 6.77. The number of methoxy groups -OCH3 is 1. The third-order valence-corrected chi connectivity index (χ3v) is 4.93. The molecule has 7 heteroatoms. The third-order valence-electron chi connectivity index (χ3n) is 4.93. The van der Waals surface area contributed by atoms with E-state index in [0.29, 0.717) is 0 Å². The van der Waals surface area contributed by atoms with Crippen molar-refractivity contribution in [3.8, 4) is 0 Å². The SMILES string of the molecule is COC(=O)C[C@@H]1CON(C(=O)OCc2ccccc2)[C@H](c2ccccc2)[C@H]1C=O. The van der Waals surface area contributed by atoms with Crippen LogP contribution in [0.2, 0.25) is 0 Å². The van der Waals surface area contributed by atoms with E-state index in [9.17, 15) is 14.4 Å². The van der Waals surface area contributed by atoms with Crippen LogP contribution in [0.5, 0.6) is 0 Å². The van der Waals surface area contributed by atoms with Gasteiger partial charge in [0.25, 0.3) is 0 Å². The average Bonchev–Trinajstić information content (AvgIpc) is 2.78. The Labute approximate surface area is 169 Å². The Balaban J connectivity index is 1.82. The lowest BCUT2D eigenvalue weighted by atomic mass is 9.81. The topological polar surface area (TPSA) is 82.1 Å². The zero-order valence-electron chi connectivity index (χ0n) is 16.1. The zero-order valence-corrected chi connectivity index (χ0v) is 16.1. The normalized spacial score (nSPS) is 21.3. The number of amides is 1. The molecule has 1 heterocycles. The lowest BCUT2D eigenvalue weighted by Gasteiger charge is -2.41. The van der Waals surface area contributed by atoms with Crippen molar-refractivity contribution in [1.82, 2.24) is 5.06 Å². The highest BCUT2D eigenvalue weighted by molar-refractivity contribution is 5.72. The summed E-state index contributed by atoms with van der Waals surface area (Å²) in [6.07, 6.45) is 0.104. The van der Waals surface area contributed by atoms with Gasteiger partial charge < -0.3 is 14.3 Å². The second-order valence-electron chi connectivity index (χ2n) is 6.77. The molecule has 0 saturated carbocycles. The van der Waals surface area contributed by atoms with E-state index in [2.05, 4.69) is 0 Å². The van der Waals surface area contributed by atoms with Gasteiger partial charge in [-0.2, -0.15) is 5.06 Å². The average molecular weight is 397 g/mol. The molecule has 1 saturated heterocycles. The van der Waals surface area contributed by atoms with E-state index in [4.69, 9.17) is 14.3 Å². The molecule has 2 aromatic carbocycles. The fraction of sp³-hybridized carbons (Fsp3) is 0.318. The smallest absolute Gasteiger partial charge is 0.434 e. The van der Waals surface area contributed by atoms with E-state index in [0.717, 1.165) is 22.5 Å². The largest absolute Gasteiger partial charge is 0.469 e. The third kappa shape index (κ3) is 5.00. The van der Waals surface area contributed by atoms with Crippen molar-refractivity contribution >= 4 is 18.3 Å². The van der Waals surface area contributed by atoms with E-state index < -0.39 is 29.9 Å². The molecule has 0 N–H and O–H groups in total. The highest BCUT2D eigenvalue weighted by atomic mass is 16.7. The van der Waals surface area contributed by atoms with Crippen molar-refractivity contribution in [1.29, 1.82) is 0 Å². The molecule has 1 aliphatic rings. The van der Waals surface area contributed by atoms with Crippen LogP contribution in [-0.4, -0.2) is 37.1 Å². The van der Waals surface area contributed by atoms with Crippen LogP contribution >= 0.6 is 0 Å². The fourth-order valence-corrected chi connectivity index (χ4v) is 3.42. The summed E-state index contributed by atoms with van der Waals surface area (Å²) in [6, 6.07) is 17.7. The van der Waals surface area contributed by atoms with Gasteiger partial charge in [-0.3, -0.25) is 9.63 Å². The van der Waals surface area contributed by atoms with Crippen molar-refractivity contribution in [2.75, 3.05) is 13.7 Å². The molecule has 1 fully saturated rings. The number of nitrogens with zero attached hydrogens (tertiary/aromatic N) is 1. The predicted molar refractivity (Wildman–Crippen MR) is 103 cm³/mol. The molecular weight excluding hydrogens is 374 g/mol. The zero-order chi connectivity index (χ0) is 20.6. The molecule has 0 unspecified atom stereocenters. The molecule has 1 amide bonds. The van der Waals surface area contributed by atoms with Crippen molar-refractivity contribution in [3.63, 3.8) is 0 Å². The fourth-order valence-electron chi connectivity index (χ4n) is 3.42. The molecule has 3 atom stereocenters. The molecule has 0 spiro atoms. The molecular formula is C22H23NO6. The lowest BCUT2D eigenvalue weighted by molar-refractivity contribution is -0.222. The van der Waals surface area contributed by atoms with E-state index in [1.165, 1.54) is 7.11 Å². The number of carbonyl (C=O) groups excluding carboxylic acids is 3. The molecule has 0 aromatic heterocycles. The molecule has 0 bridgehead atoms. The van der Waals surface area contributed by atoms with Crippen molar-refractivity contribution in [2.45, 2.75) is 19.1 Å². The Morgan fingerprint density at radius 3 is 2.38 bits per heavy atom. The molecule has 152 valence electrons. The van der Waals surface area contributed by atoms with Gasteiger partial charge in [0.15, 0.2) is 0 Å². The maximum absolute atomic E-state index is 12.8. The van der Waals surface area contributed by atoms with Crippen LogP contribution in [0.3, 0.4) is 0 Å². The highest BCUT2D eigenvalue weighted by Gasteiger charge is 2.44. The maximum atomic E-state index is 12.8. The quantitative estimate of drug-likeness (QED) is 0.549. The number of hydroxylamine groups is 2. The van der Waals surface area contributed by atoms with Crippen molar-refractivity contribution in [2.24, 2.45) is 11.8 Å². The first kappa shape index (κ1) is 20.5. The summed E-state index contributed by atoms with van der Waals surface area (Å²) in [6.45, 7) is 0.112. The van der Waals surface area contributed by atoms with Gasteiger partial charge in [0.1, 0.15) is 12.9 Å². The van der Waals surface area contributed by atoms with Gasteiger partial charge >= 0.3 is 12.1 Å². The first-order valence-electron chi connectivity index (χ1n) is 9.34. The Bertz CT molecular complexity index is 826. The van der Waals surface area contributed by atoms with Gasteiger partial charge in [-0.15, -0.1) is 0 Å². The highest BCUT2D eigenvalue weighted by Crippen LogP contribution is 2.39. The standard InChI is InChI=1S/C22H23NO6/c1-27-20(25)12-18-15-29-23(22(26)28-14-16-8-4-2-5-9-16)21(19(18)13-24)17-10-6-3-7-11-17/h2-11,13,18-19,21H,12,14-15H2,1H3/t18-,19+,21-/m1/s1. The van der Waals surface area contributed by atoms with Crippen molar-refractivity contribution < 1.29 is 28.7 Å². The second kappa shape index (κ2) is 9.84. The van der Waals surface area contributed by atoms with E-state index in [1.54, 1.807) is 0 Å². The van der Waals surface area contributed by atoms with Gasteiger partial charge in [-0.05, 0) is 11.1 Å². The number of carbonyl (C=O) groups is 3. The number of ether oxygens (including phenoxy) is 2. The van der Waals surface area contributed by atoms with Crippen molar-refractivity contribution in [3.05, 3.63) is 71.8 Å². The molecule has 7 nitrogen and oxygen atoms in total. The van der Waals surface area contributed by atoms with Crippen LogP contribution in [0.15, 0.2) is 60.7 Å². The van der Waals surface area contributed by atoms with Gasteiger partial charge in [0, 0.05) is 11.8 Å². The minimum atomic E-state index is -0.708. The molecule has 2 aromatic rings. The first-order chi connectivity index (χ1) is 14.1. The van der Waals surface area contributed by atoms with Gasteiger partial charge in [0.05, 0.1) is 26.2 Å². The van der Waals surface area contributed by atoms with Crippen LogP contribution < -0.4 is 0 Å². The van der Waals surface area contributed by atoms with E-state index in [1.807, 2.05) is 60.7 Å². The van der Waals surface area contributed by atoms with Crippen LogP contribution in [0, 0.1) is 11.8 Å². The predicted octanol–water partition coefficient (Wildman–Crippen LogP) is 3.31. The monoisotopic (exact) mass is 397 g/mol. The Morgan fingerprint density at radius 2 is 1.76 bits per heavy atom. The number of aldehydes is 1. The summed E-state index contributed by atoms with van der Waals surface area (Å²) in [5.74, 6) is -1.49. The molecule has 1 aliphatic heterocycles. The van der Waals surface area contributed by atoms with Crippen LogP contribution in [0.4, 0.5) is 4.79 Å². The lowest BCUT2D eigenvalue weighted by Crippen LogP contribution is -2.48. The summed E-state index contributed by atoms with van der Waals surface area (Å²) >= 11 is 0. The van der Waals surface area contributed by atoms with Gasteiger partial charge in [0.2, 0.25) is 0 Å². The molecule has 0 radical (unpaired) electrons. The molecule has 3 rings (SSSR count). The number of rotatable bonds is 6. The summed E-state index contributed by atoms with van der Waals surface area (Å²) in [5, 5.41) is 1.10. The van der Waals surface area contributed by atoms with Crippen LogP contribution in [0.1, 0.15) is 23.6 Å². The van der Waals surface area contributed by atoms with E-state index >= 15 is 0 Å². The van der Waals surface area contributed by atoms with Crippen LogP contribution in [0.25, 0.3) is 0 Å².